The summed E-state index contributed by atoms with van der Waals surface area (Å²) in [5, 5.41) is 0. The molecular weight excluding hydrogens is 1210 g/mol. The zero-order valence-corrected chi connectivity index (χ0v) is 53.5. The number of benzene rings is 14. The lowest BCUT2D eigenvalue weighted by atomic mass is 9.30. The average Bonchev–Trinajstić information content (AvgIpc) is 0.681. The van der Waals surface area contributed by atoms with Gasteiger partial charge in [-0.15, -0.1) is 0 Å². The molecule has 97 heavy (non-hydrogen) atoms. The summed E-state index contributed by atoms with van der Waals surface area (Å²) in [5.41, 5.74) is 21.3. The molecule has 0 radical (unpaired) electrons. The van der Waals surface area contributed by atoms with Crippen LogP contribution in [0.5, 0.6) is 0 Å². The number of rotatable bonds is 11. The van der Waals surface area contributed by atoms with E-state index in [1.54, 1.807) is 0 Å². The SMILES string of the molecule is Cc1ccccc1N1c2cc(N(c3ccccc3)c3ccccc3)cc3c2B(c2ccccc2N3c2ccccc2)c2cc3c(c(C(F)(F)F)c21)Sc1cc(N(c2ccc(-c4ccccc4)cc2)c2ccccc2-c2ccccc2)cc2c1B3c1ccccc1N2c1ccccc1. The highest BCUT2D eigenvalue weighted by molar-refractivity contribution is 8.00. The lowest BCUT2D eigenvalue weighted by molar-refractivity contribution is -0.139. The van der Waals surface area contributed by atoms with Crippen molar-refractivity contribution in [1.29, 1.82) is 0 Å². The minimum absolute atomic E-state index is 0.120. The molecule has 0 unspecified atom stereocenters. The zero-order valence-electron chi connectivity index (χ0n) is 52.7. The molecule has 4 aliphatic rings. The van der Waals surface area contributed by atoms with E-state index in [1.807, 2.05) is 115 Å². The highest BCUT2D eigenvalue weighted by Crippen LogP contribution is 2.56. The Morgan fingerprint density at radius 3 is 1.33 bits per heavy atom. The van der Waals surface area contributed by atoms with Crippen molar-refractivity contribution in [3.05, 3.63) is 345 Å². The highest BCUT2D eigenvalue weighted by atomic mass is 32.2. The van der Waals surface area contributed by atoms with E-state index in [-0.39, 0.29) is 10.6 Å². The van der Waals surface area contributed by atoms with Crippen LogP contribution < -0.4 is 57.3 Å². The van der Waals surface area contributed by atoms with Crippen LogP contribution in [-0.4, -0.2) is 13.4 Å². The van der Waals surface area contributed by atoms with Gasteiger partial charge in [-0.25, -0.2) is 0 Å². The van der Waals surface area contributed by atoms with Gasteiger partial charge in [-0.2, -0.15) is 13.2 Å². The monoisotopic (exact) mass is 1270 g/mol. The van der Waals surface area contributed by atoms with Crippen LogP contribution in [-0.2, 0) is 6.18 Å². The molecule has 0 spiro atoms. The van der Waals surface area contributed by atoms with Gasteiger partial charge in [0.2, 0.25) is 6.71 Å². The minimum atomic E-state index is -4.89. The van der Waals surface area contributed by atoms with E-state index >= 15 is 13.2 Å². The first-order valence-electron chi connectivity index (χ1n) is 32.8. The maximum Gasteiger partial charge on any atom is 0.419 e. The molecule has 0 N–H and O–H groups in total. The molecule has 5 nitrogen and oxygen atoms in total. The van der Waals surface area contributed by atoms with E-state index in [4.69, 9.17) is 0 Å². The Morgan fingerprint density at radius 1 is 0.330 bits per heavy atom. The Hall–Kier alpha value is -11.7. The van der Waals surface area contributed by atoms with Gasteiger partial charge >= 0.3 is 6.18 Å². The molecule has 4 aliphatic heterocycles. The van der Waals surface area contributed by atoms with Gasteiger partial charge in [0.15, 0.2) is 0 Å². The molecule has 0 atom stereocenters. The van der Waals surface area contributed by atoms with E-state index in [1.165, 1.54) is 11.8 Å². The number of anilines is 15. The van der Waals surface area contributed by atoms with Gasteiger partial charge in [0.1, 0.15) is 0 Å². The van der Waals surface area contributed by atoms with Crippen molar-refractivity contribution in [2.75, 3.05) is 24.5 Å². The van der Waals surface area contributed by atoms with Gasteiger partial charge in [-0.1, -0.05) is 242 Å². The summed E-state index contributed by atoms with van der Waals surface area (Å²) in [6.07, 6.45) is -4.89. The van der Waals surface area contributed by atoms with Gasteiger partial charge in [0, 0.05) is 83.6 Å². The fraction of sp³-hybridized carbons (Fsp3) is 0.0233. The summed E-state index contributed by atoms with van der Waals surface area (Å²) in [4.78, 5) is 12.0. The van der Waals surface area contributed by atoms with Crippen molar-refractivity contribution in [2.45, 2.75) is 22.9 Å². The van der Waals surface area contributed by atoms with Crippen LogP contribution in [0.3, 0.4) is 0 Å². The topological polar surface area (TPSA) is 16.2 Å². The van der Waals surface area contributed by atoms with Gasteiger partial charge in [0.05, 0.1) is 22.6 Å². The van der Waals surface area contributed by atoms with Crippen molar-refractivity contribution >= 4 is 143 Å². The van der Waals surface area contributed by atoms with Gasteiger partial charge in [0.25, 0.3) is 6.71 Å². The maximum absolute atomic E-state index is 18.3. The second-order valence-corrected chi connectivity index (χ2v) is 26.1. The average molecular weight is 1270 g/mol. The molecule has 0 aromatic heterocycles. The first-order valence-corrected chi connectivity index (χ1v) is 33.6. The van der Waals surface area contributed by atoms with E-state index in [2.05, 4.69) is 250 Å². The van der Waals surface area contributed by atoms with Crippen LogP contribution in [0.15, 0.2) is 343 Å². The molecule has 0 saturated heterocycles. The molecule has 0 fully saturated rings. The molecule has 0 saturated carbocycles. The molecule has 0 amide bonds. The Morgan fingerprint density at radius 2 is 0.763 bits per heavy atom. The van der Waals surface area contributed by atoms with E-state index < -0.39 is 25.2 Å². The number of alkyl halides is 3. The van der Waals surface area contributed by atoms with Crippen LogP contribution in [0.2, 0.25) is 0 Å². The predicted octanol–water partition coefficient (Wildman–Crippen LogP) is 20.1. The van der Waals surface area contributed by atoms with Crippen molar-refractivity contribution in [1.82, 2.24) is 0 Å². The van der Waals surface area contributed by atoms with Gasteiger partial charge in [-0.3, -0.25) is 0 Å². The molecule has 4 heterocycles. The summed E-state index contributed by atoms with van der Waals surface area (Å²) < 4.78 is 54.9. The fourth-order valence-electron chi connectivity index (χ4n) is 15.5. The van der Waals surface area contributed by atoms with E-state index in [0.29, 0.717) is 22.3 Å². The van der Waals surface area contributed by atoms with Gasteiger partial charge < -0.3 is 24.5 Å². The Balaban J connectivity index is 0.944. The molecule has 14 aromatic carbocycles. The summed E-state index contributed by atoms with van der Waals surface area (Å²) in [6, 6.07) is 115. The van der Waals surface area contributed by atoms with Crippen molar-refractivity contribution in [3.8, 4) is 22.3 Å². The number of hydrogen-bond acceptors (Lipinski definition) is 6. The largest absolute Gasteiger partial charge is 0.419 e. The Kier molecular flexibility index (Phi) is 14.0. The standard InChI is InChI=1S/C86H58B2F3N5S/c1-57-28-20-24-44-73(57)96-78-53-66(92(61-33-12-4-13-34-61)62-35-14-5-15-36-62)52-77-82(78)87(69-42-22-26-46-75(69)94(77)63-37-16-6-17-38-63)71-56-72-85(81(84(71)96)86(89,90)91)97-80-55-67(54-79-83(80)88(72)70-43-23-27-47-76(70)95(79)64-39-18-7-19-40-64)93(65-50-48-59(49-51-65)58-29-8-2-9-30-58)74-45-25-21-41-68(74)60-31-10-3-11-32-60/h2-56H,1H3. The molecule has 11 heteroatoms. The summed E-state index contributed by atoms with van der Waals surface area (Å²) in [7, 11) is 0. The van der Waals surface area contributed by atoms with Crippen LogP contribution in [0.25, 0.3) is 22.3 Å². The molecule has 18 rings (SSSR count). The Labute approximate surface area is 567 Å². The third kappa shape index (κ3) is 9.58. The number of halogens is 3. The van der Waals surface area contributed by atoms with Crippen molar-refractivity contribution in [2.24, 2.45) is 0 Å². The molecule has 0 aliphatic carbocycles. The van der Waals surface area contributed by atoms with E-state index in [9.17, 15) is 0 Å². The number of hydrogen-bond donors (Lipinski definition) is 0. The van der Waals surface area contributed by atoms with Crippen molar-refractivity contribution < 1.29 is 13.2 Å². The molecular formula is C86H58B2F3N5S. The number of aryl methyl sites for hydroxylation is 1. The first-order chi connectivity index (χ1) is 47.7. The molecule has 14 aromatic rings. The molecule has 0 bridgehead atoms. The summed E-state index contributed by atoms with van der Waals surface area (Å²) in [6.45, 7) is 0.725. The predicted molar refractivity (Wildman–Crippen MR) is 400 cm³/mol. The Bertz CT molecular complexity index is 5320. The smallest absolute Gasteiger partial charge is 0.311 e. The zero-order chi connectivity index (χ0) is 64.9. The third-order valence-corrected chi connectivity index (χ3v) is 20.7. The van der Waals surface area contributed by atoms with Crippen LogP contribution in [0.4, 0.5) is 98.5 Å². The lowest BCUT2D eigenvalue weighted by Crippen LogP contribution is -2.65. The maximum atomic E-state index is 18.3. The number of para-hydroxylation sites is 8. The number of fused-ring (bicyclic) bond motifs is 8. The number of nitrogens with zero attached hydrogens (tertiary/aromatic N) is 5. The van der Waals surface area contributed by atoms with Crippen LogP contribution >= 0.6 is 11.8 Å². The highest BCUT2D eigenvalue weighted by Gasteiger charge is 2.53. The fourth-order valence-corrected chi connectivity index (χ4v) is 16.9. The molecule has 460 valence electrons. The second-order valence-electron chi connectivity index (χ2n) is 25.1. The minimum Gasteiger partial charge on any atom is -0.311 e. The quantitative estimate of drug-likeness (QED) is 0.119. The summed E-state index contributed by atoms with van der Waals surface area (Å²) in [5.74, 6) is 0. The van der Waals surface area contributed by atoms with Crippen LogP contribution in [0, 0.1) is 6.92 Å². The summed E-state index contributed by atoms with van der Waals surface area (Å²) >= 11 is 1.25. The second kappa shape index (κ2) is 23.4. The van der Waals surface area contributed by atoms with Crippen molar-refractivity contribution in [3.63, 3.8) is 0 Å². The van der Waals surface area contributed by atoms with Crippen LogP contribution in [0.1, 0.15) is 11.1 Å². The lowest BCUT2D eigenvalue weighted by Gasteiger charge is -2.47. The first kappa shape index (κ1) is 58.0. The third-order valence-electron chi connectivity index (χ3n) is 19.5. The normalized spacial score (nSPS) is 13.0. The van der Waals surface area contributed by atoms with E-state index in [0.717, 1.165) is 123 Å². The van der Waals surface area contributed by atoms with Gasteiger partial charge in [-0.05, 0) is 166 Å².